The predicted octanol–water partition coefficient (Wildman–Crippen LogP) is 2.60. The number of piperidine rings is 1. The first-order chi connectivity index (χ1) is 11.3. The number of rotatable bonds is 2. The van der Waals surface area contributed by atoms with Crippen molar-refractivity contribution in [3.05, 3.63) is 58.1 Å². The van der Waals surface area contributed by atoms with E-state index < -0.39 is 5.54 Å². The first-order valence-corrected chi connectivity index (χ1v) is 8.33. The number of nitrogens with one attached hydrogen (secondary N) is 2. The van der Waals surface area contributed by atoms with Gasteiger partial charge in [0.05, 0.1) is 0 Å². The third-order valence-electron chi connectivity index (χ3n) is 4.63. The van der Waals surface area contributed by atoms with Crippen LogP contribution in [0.25, 0.3) is 11.3 Å². The summed E-state index contributed by atoms with van der Waals surface area (Å²) in [5.74, 6) is 1.89. The minimum Gasteiger partial charge on any atom is -0.322 e. The molecular formula is C19H24FN3O. The highest BCUT2D eigenvalue weighted by Gasteiger charge is 2.40. The number of pyridine rings is 1. The molecule has 0 spiro atoms. The molecule has 1 aromatic carbocycles. The topological polar surface area (TPSA) is 70.9 Å². The highest BCUT2D eigenvalue weighted by atomic mass is 19.1. The lowest BCUT2D eigenvalue weighted by Gasteiger charge is -2.19. The standard InChI is InChI=1S/C14H15FN2O.C5H9N/c1-14(2,16)10-7-12(17-13(18)8-10)9-3-5-11(15)6-4-9;1-4-2-6-3-5(1)4/h3-8H,16H2,1-2H3,(H,17,18);4-6H,1-3H2. The predicted molar refractivity (Wildman–Crippen MR) is 94.1 cm³/mol. The van der Waals surface area contributed by atoms with Gasteiger partial charge >= 0.3 is 0 Å². The lowest BCUT2D eigenvalue weighted by atomic mass is 9.95. The number of aromatic amines is 1. The van der Waals surface area contributed by atoms with Crippen LogP contribution >= 0.6 is 0 Å². The van der Waals surface area contributed by atoms with Gasteiger partial charge in [0.15, 0.2) is 0 Å². The molecule has 2 unspecified atom stereocenters. The van der Waals surface area contributed by atoms with Gasteiger partial charge in [0, 0.05) is 17.3 Å². The Balaban J connectivity index is 0.000000231. The number of H-pyrrole nitrogens is 1. The van der Waals surface area contributed by atoms with Crippen LogP contribution in [0.1, 0.15) is 25.8 Å². The Labute approximate surface area is 141 Å². The van der Waals surface area contributed by atoms with Gasteiger partial charge in [-0.15, -0.1) is 0 Å². The van der Waals surface area contributed by atoms with Crippen molar-refractivity contribution in [1.29, 1.82) is 0 Å². The number of hydrogen-bond acceptors (Lipinski definition) is 3. The molecule has 1 aliphatic heterocycles. The Morgan fingerprint density at radius 1 is 1.12 bits per heavy atom. The fourth-order valence-corrected chi connectivity index (χ4v) is 2.96. The molecule has 2 atom stereocenters. The maximum atomic E-state index is 12.9. The van der Waals surface area contributed by atoms with Crippen molar-refractivity contribution in [3.63, 3.8) is 0 Å². The second-order valence-corrected chi connectivity index (χ2v) is 7.29. The highest BCUT2D eigenvalue weighted by molar-refractivity contribution is 5.59. The van der Waals surface area contributed by atoms with Gasteiger partial charge in [-0.05, 0) is 86.7 Å². The van der Waals surface area contributed by atoms with E-state index in [0.29, 0.717) is 5.69 Å². The molecular weight excluding hydrogens is 305 g/mol. The summed E-state index contributed by atoms with van der Waals surface area (Å²) in [5.41, 5.74) is 7.30. The van der Waals surface area contributed by atoms with Crippen LogP contribution in [0.5, 0.6) is 0 Å². The SMILES string of the molecule is C1NCC2CC12.CC(C)(N)c1cc(-c2ccc(F)cc2)[nH]c(=O)c1. The Bertz CT molecular complexity index is 753. The summed E-state index contributed by atoms with van der Waals surface area (Å²) in [6.07, 6.45) is 1.52. The third-order valence-corrected chi connectivity index (χ3v) is 4.63. The van der Waals surface area contributed by atoms with Crippen molar-refractivity contribution in [2.24, 2.45) is 17.6 Å². The summed E-state index contributed by atoms with van der Waals surface area (Å²) in [6, 6.07) is 9.24. The van der Waals surface area contributed by atoms with Gasteiger partial charge in [-0.25, -0.2) is 4.39 Å². The van der Waals surface area contributed by atoms with Crippen molar-refractivity contribution in [1.82, 2.24) is 10.3 Å². The third kappa shape index (κ3) is 4.10. The lowest BCUT2D eigenvalue weighted by molar-refractivity contribution is 0.553. The van der Waals surface area contributed by atoms with Gasteiger partial charge in [-0.2, -0.15) is 0 Å². The fraction of sp³-hybridized carbons (Fsp3) is 0.421. The van der Waals surface area contributed by atoms with Crippen molar-refractivity contribution >= 4 is 0 Å². The van der Waals surface area contributed by atoms with Gasteiger partial charge in [0.25, 0.3) is 0 Å². The van der Waals surface area contributed by atoms with Crippen LogP contribution in [0.3, 0.4) is 0 Å². The molecule has 4 N–H and O–H groups in total. The Kier molecular flexibility index (Phi) is 4.56. The molecule has 24 heavy (non-hydrogen) atoms. The molecule has 1 aliphatic carbocycles. The minimum absolute atomic E-state index is 0.217. The smallest absolute Gasteiger partial charge is 0.248 e. The van der Waals surface area contributed by atoms with Crippen LogP contribution < -0.4 is 16.6 Å². The molecule has 0 bridgehead atoms. The van der Waals surface area contributed by atoms with Crippen LogP contribution in [-0.2, 0) is 5.54 Å². The first kappa shape index (κ1) is 16.9. The number of hydrogen-bond donors (Lipinski definition) is 3. The van der Waals surface area contributed by atoms with Gasteiger partial charge in [-0.3, -0.25) is 4.79 Å². The minimum atomic E-state index is -0.594. The number of nitrogens with two attached hydrogens (primary N) is 1. The number of halogens is 1. The average Bonchev–Trinajstić information content (AvgIpc) is 3.13. The zero-order valence-corrected chi connectivity index (χ0v) is 14.1. The van der Waals surface area contributed by atoms with Crippen LogP contribution in [0.4, 0.5) is 4.39 Å². The normalized spacial score (nSPS) is 21.7. The van der Waals surface area contributed by atoms with E-state index in [1.54, 1.807) is 12.1 Å². The summed E-state index contributed by atoms with van der Waals surface area (Å²) in [5, 5.41) is 3.32. The monoisotopic (exact) mass is 329 g/mol. The molecule has 2 aromatic rings. The Hall–Kier alpha value is -1.98. The quantitative estimate of drug-likeness (QED) is 0.793. The molecule has 0 radical (unpaired) electrons. The molecule has 1 saturated carbocycles. The van der Waals surface area contributed by atoms with E-state index >= 15 is 0 Å². The van der Waals surface area contributed by atoms with Gasteiger partial charge in [-0.1, -0.05) is 0 Å². The van der Waals surface area contributed by atoms with E-state index in [2.05, 4.69) is 10.3 Å². The molecule has 2 aliphatic rings. The molecule has 1 saturated heterocycles. The van der Waals surface area contributed by atoms with Crippen molar-refractivity contribution < 1.29 is 4.39 Å². The van der Waals surface area contributed by atoms with E-state index in [1.165, 1.54) is 37.7 Å². The maximum Gasteiger partial charge on any atom is 0.248 e. The van der Waals surface area contributed by atoms with Crippen LogP contribution in [-0.4, -0.2) is 18.1 Å². The number of aromatic nitrogens is 1. The molecule has 5 heteroatoms. The van der Waals surface area contributed by atoms with E-state index in [-0.39, 0.29) is 11.4 Å². The molecule has 4 rings (SSSR count). The summed E-state index contributed by atoms with van der Waals surface area (Å²) in [4.78, 5) is 14.3. The van der Waals surface area contributed by atoms with Crippen molar-refractivity contribution in [3.8, 4) is 11.3 Å². The van der Waals surface area contributed by atoms with Crippen LogP contribution in [0, 0.1) is 17.7 Å². The molecule has 1 aromatic heterocycles. The Morgan fingerprint density at radius 3 is 2.21 bits per heavy atom. The van der Waals surface area contributed by atoms with Crippen molar-refractivity contribution in [2.45, 2.75) is 25.8 Å². The fourth-order valence-electron chi connectivity index (χ4n) is 2.96. The highest BCUT2D eigenvalue weighted by Crippen LogP contribution is 2.40. The largest absolute Gasteiger partial charge is 0.322 e. The molecule has 0 amide bonds. The summed E-state index contributed by atoms with van der Waals surface area (Å²) in [7, 11) is 0. The molecule has 2 heterocycles. The van der Waals surface area contributed by atoms with Gasteiger partial charge < -0.3 is 16.0 Å². The van der Waals surface area contributed by atoms with E-state index in [9.17, 15) is 9.18 Å². The second-order valence-electron chi connectivity index (χ2n) is 7.29. The van der Waals surface area contributed by atoms with Crippen LogP contribution in [0.2, 0.25) is 0 Å². The Morgan fingerprint density at radius 2 is 1.75 bits per heavy atom. The summed E-state index contributed by atoms with van der Waals surface area (Å²) < 4.78 is 12.9. The average molecular weight is 329 g/mol. The molecule has 128 valence electrons. The van der Waals surface area contributed by atoms with Crippen molar-refractivity contribution in [2.75, 3.05) is 13.1 Å². The summed E-state index contributed by atoms with van der Waals surface area (Å²) in [6.45, 7) is 6.28. The lowest BCUT2D eigenvalue weighted by Crippen LogP contribution is -2.30. The van der Waals surface area contributed by atoms with Gasteiger partial charge in [0.1, 0.15) is 5.82 Å². The van der Waals surface area contributed by atoms with E-state index in [0.717, 1.165) is 23.0 Å². The molecule has 2 fully saturated rings. The molecule has 4 nitrogen and oxygen atoms in total. The zero-order chi connectivity index (χ0) is 17.3. The van der Waals surface area contributed by atoms with Crippen LogP contribution in [0.15, 0.2) is 41.2 Å². The van der Waals surface area contributed by atoms with E-state index in [1.807, 2.05) is 19.9 Å². The second kappa shape index (κ2) is 6.49. The van der Waals surface area contributed by atoms with E-state index in [4.69, 9.17) is 5.73 Å². The summed E-state index contributed by atoms with van der Waals surface area (Å²) >= 11 is 0. The number of benzene rings is 1. The number of fused-ring (bicyclic) bond motifs is 1. The first-order valence-electron chi connectivity index (χ1n) is 8.33. The maximum absolute atomic E-state index is 12.9. The zero-order valence-electron chi connectivity index (χ0n) is 14.1. The van der Waals surface area contributed by atoms with Gasteiger partial charge in [0.2, 0.25) is 5.56 Å².